The molecule has 4 nitrogen and oxygen atoms in total. The van der Waals surface area contributed by atoms with Crippen LogP contribution in [0.3, 0.4) is 0 Å². The number of isocyanates is 1. The van der Waals surface area contributed by atoms with Crippen LogP contribution in [-0.4, -0.2) is 19.2 Å². The van der Waals surface area contributed by atoms with Crippen LogP contribution < -0.4 is 0 Å². The van der Waals surface area contributed by atoms with Crippen LogP contribution in [0.1, 0.15) is 10.4 Å². The lowest BCUT2D eigenvalue weighted by atomic mass is 10.2. The normalized spacial score (nSPS) is 9.00. The van der Waals surface area contributed by atoms with Crippen molar-refractivity contribution in [3.05, 3.63) is 28.2 Å². The van der Waals surface area contributed by atoms with Crippen LogP contribution in [0.4, 0.5) is 5.69 Å². The van der Waals surface area contributed by atoms with E-state index in [0.717, 1.165) is 0 Å². The number of esters is 1. The first-order valence-corrected chi connectivity index (χ1v) is 4.44. The first-order valence-electron chi connectivity index (χ1n) is 3.64. The average Bonchev–Trinajstić information content (AvgIpc) is 2.20. The maximum absolute atomic E-state index is 11.2. The third kappa shape index (κ3) is 2.28. The topological polar surface area (TPSA) is 55.7 Å². The van der Waals surface area contributed by atoms with Crippen molar-refractivity contribution in [1.29, 1.82) is 0 Å². The molecule has 0 aliphatic heterocycles. The Labute approximate surface area is 88.7 Å². The summed E-state index contributed by atoms with van der Waals surface area (Å²) in [4.78, 5) is 24.7. The van der Waals surface area contributed by atoms with Crippen molar-refractivity contribution in [2.24, 2.45) is 4.99 Å². The standard InChI is InChI=1S/C9H6BrNO3/c1-14-9(13)7-4-6(10)2-3-8(7)11-5-12/h2-4H,1H3. The van der Waals surface area contributed by atoms with E-state index in [9.17, 15) is 9.59 Å². The van der Waals surface area contributed by atoms with E-state index in [1.54, 1.807) is 6.07 Å². The van der Waals surface area contributed by atoms with Crippen LogP contribution in [0.15, 0.2) is 27.7 Å². The maximum atomic E-state index is 11.2. The lowest BCUT2D eigenvalue weighted by molar-refractivity contribution is 0.0601. The number of benzene rings is 1. The molecular formula is C9H6BrNO3. The van der Waals surface area contributed by atoms with E-state index >= 15 is 0 Å². The molecule has 14 heavy (non-hydrogen) atoms. The lowest BCUT2D eigenvalue weighted by Crippen LogP contribution is -2.01. The van der Waals surface area contributed by atoms with Gasteiger partial charge in [-0.3, -0.25) is 0 Å². The second-order valence-electron chi connectivity index (χ2n) is 2.36. The highest BCUT2D eigenvalue weighted by molar-refractivity contribution is 9.10. The molecule has 0 aromatic heterocycles. The molecule has 72 valence electrons. The molecule has 0 saturated heterocycles. The Morgan fingerprint density at radius 2 is 2.29 bits per heavy atom. The summed E-state index contributed by atoms with van der Waals surface area (Å²) in [5.74, 6) is -0.541. The third-order valence-corrected chi connectivity index (χ3v) is 2.02. The van der Waals surface area contributed by atoms with Crippen molar-refractivity contribution in [1.82, 2.24) is 0 Å². The zero-order chi connectivity index (χ0) is 10.6. The predicted octanol–water partition coefficient (Wildman–Crippen LogP) is 2.20. The van der Waals surface area contributed by atoms with E-state index in [1.165, 1.54) is 25.3 Å². The van der Waals surface area contributed by atoms with E-state index in [4.69, 9.17) is 0 Å². The summed E-state index contributed by atoms with van der Waals surface area (Å²) in [6.45, 7) is 0. The van der Waals surface area contributed by atoms with E-state index in [1.807, 2.05) is 0 Å². The molecule has 1 rings (SSSR count). The Bertz CT molecular complexity index is 411. The summed E-state index contributed by atoms with van der Waals surface area (Å²) in [5, 5.41) is 0. The van der Waals surface area contributed by atoms with Crippen LogP contribution in [0, 0.1) is 0 Å². The first kappa shape index (κ1) is 10.6. The predicted molar refractivity (Wildman–Crippen MR) is 53.3 cm³/mol. The second-order valence-corrected chi connectivity index (χ2v) is 3.27. The number of rotatable bonds is 2. The van der Waals surface area contributed by atoms with Crippen molar-refractivity contribution in [3.8, 4) is 0 Å². The van der Waals surface area contributed by atoms with E-state index in [0.29, 0.717) is 4.47 Å². The van der Waals surface area contributed by atoms with Gasteiger partial charge in [0.25, 0.3) is 0 Å². The Hall–Kier alpha value is -1.45. The molecule has 0 aliphatic rings. The highest BCUT2D eigenvalue weighted by atomic mass is 79.9. The van der Waals surface area contributed by atoms with Crippen LogP contribution in [-0.2, 0) is 9.53 Å². The van der Waals surface area contributed by atoms with Crippen molar-refractivity contribution < 1.29 is 14.3 Å². The average molecular weight is 256 g/mol. The van der Waals surface area contributed by atoms with Gasteiger partial charge < -0.3 is 4.74 Å². The van der Waals surface area contributed by atoms with Crippen molar-refractivity contribution in [2.45, 2.75) is 0 Å². The largest absolute Gasteiger partial charge is 0.465 e. The van der Waals surface area contributed by atoms with Gasteiger partial charge in [0.05, 0.1) is 18.4 Å². The fourth-order valence-corrected chi connectivity index (χ4v) is 1.29. The fourth-order valence-electron chi connectivity index (χ4n) is 0.928. The number of carbonyl (C=O) groups excluding carboxylic acids is 2. The van der Waals surface area contributed by atoms with Gasteiger partial charge in [0.15, 0.2) is 0 Å². The minimum Gasteiger partial charge on any atom is -0.465 e. The molecule has 0 N–H and O–H groups in total. The third-order valence-electron chi connectivity index (χ3n) is 1.53. The molecule has 1 aromatic rings. The molecule has 0 aliphatic carbocycles. The van der Waals surface area contributed by atoms with Crippen molar-refractivity contribution in [2.75, 3.05) is 7.11 Å². The van der Waals surface area contributed by atoms with Crippen molar-refractivity contribution >= 4 is 33.7 Å². The summed E-state index contributed by atoms with van der Waals surface area (Å²) >= 11 is 3.20. The lowest BCUT2D eigenvalue weighted by Gasteiger charge is -2.02. The zero-order valence-electron chi connectivity index (χ0n) is 7.28. The maximum Gasteiger partial charge on any atom is 0.340 e. The molecule has 5 heteroatoms. The number of methoxy groups -OCH3 is 1. The molecule has 0 fully saturated rings. The molecule has 0 radical (unpaired) electrons. The van der Waals surface area contributed by atoms with Crippen LogP contribution in [0.25, 0.3) is 0 Å². The van der Waals surface area contributed by atoms with Gasteiger partial charge in [-0.2, -0.15) is 4.99 Å². The Morgan fingerprint density at radius 3 is 2.86 bits per heavy atom. The summed E-state index contributed by atoms with van der Waals surface area (Å²) in [7, 11) is 1.26. The van der Waals surface area contributed by atoms with E-state index in [2.05, 4.69) is 25.7 Å². The zero-order valence-corrected chi connectivity index (χ0v) is 8.87. The Kier molecular flexibility index (Phi) is 3.56. The minimum absolute atomic E-state index is 0.227. The number of hydrogen-bond donors (Lipinski definition) is 0. The molecule has 0 saturated carbocycles. The van der Waals surface area contributed by atoms with Gasteiger partial charge in [-0.1, -0.05) is 15.9 Å². The van der Waals surface area contributed by atoms with Crippen LogP contribution >= 0.6 is 15.9 Å². The Morgan fingerprint density at radius 1 is 1.57 bits per heavy atom. The van der Waals surface area contributed by atoms with Gasteiger partial charge in [0.1, 0.15) is 0 Å². The van der Waals surface area contributed by atoms with E-state index < -0.39 is 5.97 Å². The molecule has 0 unspecified atom stereocenters. The highest BCUT2D eigenvalue weighted by Crippen LogP contribution is 2.23. The molecule has 0 amide bonds. The van der Waals surface area contributed by atoms with Gasteiger partial charge in [-0.05, 0) is 18.2 Å². The summed E-state index contributed by atoms with van der Waals surface area (Å²) < 4.78 is 5.24. The number of nitrogens with zero attached hydrogens (tertiary/aromatic N) is 1. The number of halogens is 1. The van der Waals surface area contributed by atoms with E-state index in [-0.39, 0.29) is 11.3 Å². The smallest absolute Gasteiger partial charge is 0.340 e. The first-order chi connectivity index (χ1) is 6.69. The van der Waals surface area contributed by atoms with Gasteiger partial charge in [0.2, 0.25) is 6.08 Å². The number of ether oxygens (including phenoxy) is 1. The molecule has 1 aromatic carbocycles. The monoisotopic (exact) mass is 255 g/mol. The number of carbonyl (C=O) groups is 1. The summed E-state index contributed by atoms with van der Waals surface area (Å²) in [6.07, 6.45) is 1.37. The SMILES string of the molecule is COC(=O)c1cc(Br)ccc1N=C=O. The molecule has 0 heterocycles. The number of aliphatic imine (C=N–C) groups is 1. The quantitative estimate of drug-likeness (QED) is 0.463. The summed E-state index contributed by atoms with van der Waals surface area (Å²) in [6, 6.07) is 4.73. The molecule has 0 bridgehead atoms. The minimum atomic E-state index is -0.541. The van der Waals surface area contributed by atoms with Gasteiger partial charge in [-0.15, -0.1) is 0 Å². The second kappa shape index (κ2) is 4.69. The van der Waals surface area contributed by atoms with Gasteiger partial charge >= 0.3 is 5.97 Å². The van der Waals surface area contributed by atoms with Gasteiger partial charge in [-0.25, -0.2) is 9.59 Å². The van der Waals surface area contributed by atoms with Gasteiger partial charge in [0, 0.05) is 4.47 Å². The molecular weight excluding hydrogens is 250 g/mol. The van der Waals surface area contributed by atoms with Crippen LogP contribution in [0.5, 0.6) is 0 Å². The molecule has 0 atom stereocenters. The van der Waals surface area contributed by atoms with Crippen LogP contribution in [0.2, 0.25) is 0 Å². The molecule has 0 spiro atoms. The highest BCUT2D eigenvalue weighted by Gasteiger charge is 2.11. The van der Waals surface area contributed by atoms with Crippen molar-refractivity contribution in [3.63, 3.8) is 0 Å². The fraction of sp³-hybridized carbons (Fsp3) is 0.111. The number of hydrogen-bond acceptors (Lipinski definition) is 4. The Balaban J connectivity index is 3.28. The summed E-state index contributed by atoms with van der Waals surface area (Å²) in [5.41, 5.74) is 0.472.